The van der Waals surface area contributed by atoms with E-state index < -0.39 is 29.1 Å². The molecule has 0 aliphatic heterocycles. The summed E-state index contributed by atoms with van der Waals surface area (Å²) >= 11 is 0. The van der Waals surface area contributed by atoms with Crippen LogP contribution < -0.4 is 4.74 Å². The summed E-state index contributed by atoms with van der Waals surface area (Å²) < 4.78 is 60.0. The summed E-state index contributed by atoms with van der Waals surface area (Å²) in [5, 5.41) is 9.25. The van der Waals surface area contributed by atoms with Crippen molar-refractivity contribution < 1.29 is 32.2 Å². The van der Waals surface area contributed by atoms with E-state index in [1.54, 1.807) is 0 Å². The summed E-state index contributed by atoms with van der Waals surface area (Å²) in [7, 11) is 0. The number of carboxylic acids is 1. The Labute approximate surface area is 187 Å². The highest BCUT2D eigenvalue weighted by Gasteiger charge is 2.33. The zero-order chi connectivity index (χ0) is 23.6. The number of carbonyl (C=O) groups is 1. The number of carboxylic acid groups (broad SMARTS) is 1. The van der Waals surface area contributed by atoms with Gasteiger partial charge in [-0.15, -0.1) is 0 Å². The van der Waals surface area contributed by atoms with E-state index in [0.717, 1.165) is 23.9 Å². The summed E-state index contributed by atoms with van der Waals surface area (Å²) in [6.45, 7) is 0.120. The van der Waals surface area contributed by atoms with Crippen LogP contribution in [0.5, 0.6) is 5.88 Å². The summed E-state index contributed by atoms with van der Waals surface area (Å²) in [4.78, 5) is 15.3. The molecule has 1 aliphatic rings. The molecule has 0 saturated carbocycles. The SMILES string of the molecule is O=C(O)c1cc(C2=C(c3cc(C(F)(F)F)cnc3OCc3ccccc3)CCC2)ccc1F. The lowest BCUT2D eigenvalue weighted by atomic mass is 9.95. The van der Waals surface area contributed by atoms with Crippen LogP contribution in [-0.2, 0) is 12.8 Å². The van der Waals surface area contributed by atoms with Gasteiger partial charge in [0.05, 0.1) is 11.1 Å². The molecule has 33 heavy (non-hydrogen) atoms. The standard InChI is InChI=1S/C25H19F4NO3/c26-22-10-9-16(11-21(22)24(31)32)18-7-4-8-19(18)20-12-17(25(27,28)29)13-30-23(20)33-14-15-5-2-1-3-6-15/h1-3,5-6,9-13H,4,7-8,14H2,(H,31,32). The molecule has 0 spiro atoms. The number of halogens is 4. The fourth-order valence-corrected chi connectivity index (χ4v) is 3.90. The minimum Gasteiger partial charge on any atom is -0.478 e. The summed E-state index contributed by atoms with van der Waals surface area (Å²) in [6, 6.07) is 13.9. The first-order valence-electron chi connectivity index (χ1n) is 10.2. The van der Waals surface area contributed by atoms with E-state index in [1.807, 2.05) is 30.3 Å². The van der Waals surface area contributed by atoms with Crippen LogP contribution in [0.3, 0.4) is 0 Å². The zero-order valence-electron chi connectivity index (χ0n) is 17.3. The van der Waals surface area contributed by atoms with Gasteiger partial charge < -0.3 is 9.84 Å². The molecule has 4 rings (SSSR count). The van der Waals surface area contributed by atoms with Crippen molar-refractivity contribution in [2.24, 2.45) is 0 Å². The molecule has 1 aromatic heterocycles. The lowest BCUT2D eigenvalue weighted by Crippen LogP contribution is -2.08. The number of aromatic carboxylic acids is 1. The van der Waals surface area contributed by atoms with Crippen LogP contribution in [0.4, 0.5) is 17.6 Å². The molecule has 8 heteroatoms. The van der Waals surface area contributed by atoms with Crippen LogP contribution in [0.15, 0.2) is 60.8 Å². The maximum absolute atomic E-state index is 13.9. The third-order valence-electron chi connectivity index (χ3n) is 5.49. The number of hydrogen-bond donors (Lipinski definition) is 1. The van der Waals surface area contributed by atoms with E-state index in [9.17, 15) is 27.5 Å². The van der Waals surface area contributed by atoms with Crippen LogP contribution in [-0.4, -0.2) is 16.1 Å². The smallest absolute Gasteiger partial charge is 0.417 e. The van der Waals surface area contributed by atoms with Gasteiger partial charge in [-0.05, 0) is 59.7 Å². The highest BCUT2D eigenvalue weighted by Crippen LogP contribution is 2.44. The number of pyridine rings is 1. The van der Waals surface area contributed by atoms with Crippen LogP contribution in [0.2, 0.25) is 0 Å². The molecule has 4 nitrogen and oxygen atoms in total. The zero-order valence-corrected chi connectivity index (χ0v) is 17.3. The van der Waals surface area contributed by atoms with Gasteiger partial charge in [-0.2, -0.15) is 13.2 Å². The number of rotatable bonds is 6. The molecular weight excluding hydrogens is 438 g/mol. The van der Waals surface area contributed by atoms with Crippen LogP contribution >= 0.6 is 0 Å². The molecule has 0 amide bonds. The van der Waals surface area contributed by atoms with Gasteiger partial charge in [0.1, 0.15) is 12.4 Å². The van der Waals surface area contributed by atoms with E-state index in [0.29, 0.717) is 36.0 Å². The van der Waals surface area contributed by atoms with Crippen molar-refractivity contribution in [1.29, 1.82) is 0 Å². The maximum Gasteiger partial charge on any atom is 0.417 e. The Balaban J connectivity index is 1.80. The van der Waals surface area contributed by atoms with Crippen LogP contribution in [0, 0.1) is 5.82 Å². The van der Waals surface area contributed by atoms with Gasteiger partial charge in [-0.1, -0.05) is 36.4 Å². The lowest BCUT2D eigenvalue weighted by Gasteiger charge is -2.16. The van der Waals surface area contributed by atoms with Crippen molar-refractivity contribution in [2.45, 2.75) is 32.0 Å². The lowest BCUT2D eigenvalue weighted by molar-refractivity contribution is -0.137. The van der Waals surface area contributed by atoms with Gasteiger partial charge >= 0.3 is 12.1 Å². The largest absolute Gasteiger partial charge is 0.478 e. The predicted molar refractivity (Wildman–Crippen MR) is 114 cm³/mol. The van der Waals surface area contributed by atoms with Crippen molar-refractivity contribution >= 4 is 17.1 Å². The van der Waals surface area contributed by atoms with Crippen LogP contribution in [0.1, 0.15) is 51.9 Å². The van der Waals surface area contributed by atoms with E-state index in [2.05, 4.69) is 4.98 Å². The second-order valence-electron chi connectivity index (χ2n) is 7.66. The van der Waals surface area contributed by atoms with Gasteiger partial charge in [0.2, 0.25) is 5.88 Å². The number of alkyl halides is 3. The molecule has 0 atom stereocenters. The fourth-order valence-electron chi connectivity index (χ4n) is 3.90. The molecule has 1 aliphatic carbocycles. The van der Waals surface area contributed by atoms with Crippen molar-refractivity contribution in [3.63, 3.8) is 0 Å². The molecule has 3 aromatic rings. The molecule has 0 unspecified atom stereocenters. The molecule has 1 heterocycles. The van der Waals surface area contributed by atoms with E-state index >= 15 is 0 Å². The Bertz CT molecular complexity index is 1220. The Morgan fingerprint density at radius 1 is 1.03 bits per heavy atom. The highest BCUT2D eigenvalue weighted by molar-refractivity contribution is 5.96. The Hall–Kier alpha value is -3.68. The van der Waals surface area contributed by atoms with Crippen molar-refractivity contribution in [1.82, 2.24) is 4.98 Å². The third kappa shape index (κ3) is 4.89. The average Bonchev–Trinajstić information content (AvgIpc) is 3.27. The number of benzene rings is 2. The monoisotopic (exact) mass is 457 g/mol. The minimum absolute atomic E-state index is 0.0572. The van der Waals surface area contributed by atoms with Gasteiger partial charge in [0, 0.05) is 11.8 Å². The molecule has 0 radical (unpaired) electrons. The van der Waals surface area contributed by atoms with Gasteiger partial charge in [0.15, 0.2) is 0 Å². The molecular formula is C25H19F4NO3. The summed E-state index contributed by atoms with van der Waals surface area (Å²) in [6.07, 6.45) is -2.24. The Morgan fingerprint density at radius 3 is 2.45 bits per heavy atom. The predicted octanol–water partition coefficient (Wildman–Crippen LogP) is 6.61. The molecule has 0 saturated heterocycles. The molecule has 170 valence electrons. The van der Waals surface area contributed by atoms with E-state index in [1.165, 1.54) is 12.1 Å². The van der Waals surface area contributed by atoms with Gasteiger partial charge in [0.25, 0.3) is 0 Å². The molecule has 2 aromatic carbocycles. The first-order chi connectivity index (χ1) is 15.7. The maximum atomic E-state index is 13.9. The topological polar surface area (TPSA) is 59.4 Å². The quantitative estimate of drug-likeness (QED) is 0.423. The van der Waals surface area contributed by atoms with Crippen molar-refractivity contribution in [3.8, 4) is 5.88 Å². The Kier molecular flexibility index (Phi) is 6.18. The highest BCUT2D eigenvalue weighted by atomic mass is 19.4. The van der Waals surface area contributed by atoms with Gasteiger partial charge in [-0.3, -0.25) is 0 Å². The van der Waals surface area contributed by atoms with Crippen molar-refractivity contribution in [2.75, 3.05) is 0 Å². The van der Waals surface area contributed by atoms with E-state index in [4.69, 9.17) is 4.74 Å². The number of ether oxygens (including phenoxy) is 1. The minimum atomic E-state index is -4.59. The molecule has 0 fully saturated rings. The normalized spacial score (nSPS) is 13.9. The van der Waals surface area contributed by atoms with E-state index in [-0.39, 0.29) is 18.1 Å². The fraction of sp³-hybridized carbons (Fsp3) is 0.200. The number of allylic oxidation sites excluding steroid dienone is 2. The number of aromatic nitrogens is 1. The van der Waals surface area contributed by atoms with Crippen LogP contribution in [0.25, 0.3) is 11.1 Å². The first-order valence-corrected chi connectivity index (χ1v) is 10.2. The number of hydrogen-bond acceptors (Lipinski definition) is 3. The number of nitrogens with zero attached hydrogens (tertiary/aromatic N) is 1. The van der Waals surface area contributed by atoms with Crippen molar-refractivity contribution in [3.05, 3.63) is 94.4 Å². The summed E-state index contributed by atoms with van der Waals surface area (Å²) in [5.41, 5.74) is 1.32. The first kappa shape index (κ1) is 22.5. The third-order valence-corrected chi connectivity index (χ3v) is 5.49. The summed E-state index contributed by atoms with van der Waals surface area (Å²) in [5.74, 6) is -2.23. The molecule has 1 N–H and O–H groups in total. The van der Waals surface area contributed by atoms with Gasteiger partial charge in [-0.25, -0.2) is 14.2 Å². The Morgan fingerprint density at radius 2 is 1.76 bits per heavy atom. The second kappa shape index (κ2) is 9.05. The average molecular weight is 457 g/mol. The second-order valence-corrected chi connectivity index (χ2v) is 7.66. The molecule has 0 bridgehead atoms.